The predicted octanol–water partition coefficient (Wildman–Crippen LogP) is 6.99. The Bertz CT molecular complexity index is 1230. The van der Waals surface area contributed by atoms with Crippen LogP contribution >= 0.6 is 11.3 Å². The highest BCUT2D eigenvalue weighted by Gasteiger charge is 2.25. The number of para-hydroxylation sites is 1. The summed E-state index contributed by atoms with van der Waals surface area (Å²) in [6, 6.07) is 12.7. The quantitative estimate of drug-likeness (QED) is 0.381. The number of rotatable bonds is 2. The van der Waals surface area contributed by atoms with Crippen molar-refractivity contribution in [2.75, 3.05) is 4.90 Å². The maximum absolute atomic E-state index is 8.52. The van der Waals surface area contributed by atoms with Gasteiger partial charge >= 0.3 is 0 Å². The largest absolute Gasteiger partial charge is 0.336 e. The van der Waals surface area contributed by atoms with Crippen molar-refractivity contribution in [3.63, 3.8) is 0 Å². The Kier molecular flexibility index (Phi) is 2.47. The Balaban J connectivity index is 2.14. The number of nitrogens with zero attached hydrogens (tertiary/aromatic N) is 1. The van der Waals surface area contributed by atoms with Gasteiger partial charge in [-0.05, 0) is 51.1 Å². The van der Waals surface area contributed by atoms with Gasteiger partial charge in [-0.15, -0.1) is 11.3 Å². The van der Waals surface area contributed by atoms with Crippen LogP contribution in [0.15, 0.2) is 72.7 Å². The Morgan fingerprint density at radius 2 is 1.58 bits per heavy atom. The van der Waals surface area contributed by atoms with Crippen LogP contribution in [0, 0.1) is 0 Å². The van der Waals surface area contributed by atoms with Gasteiger partial charge in [0, 0.05) is 31.4 Å². The predicted molar refractivity (Wildman–Crippen MR) is 108 cm³/mol. The number of hydrogen-bond acceptors (Lipinski definition) is 2. The van der Waals surface area contributed by atoms with Crippen LogP contribution in [0.1, 0.15) is 27.6 Å². The van der Waals surface area contributed by atoms with E-state index >= 15 is 0 Å². The molecule has 1 aromatic heterocycles. The van der Waals surface area contributed by atoms with Crippen molar-refractivity contribution in [1.29, 1.82) is 0 Å². The van der Waals surface area contributed by atoms with Gasteiger partial charge in [0.1, 0.15) is 0 Å². The van der Waals surface area contributed by atoms with Crippen molar-refractivity contribution in [3.05, 3.63) is 72.7 Å². The van der Waals surface area contributed by atoms with Gasteiger partial charge in [0.25, 0.3) is 0 Å². The van der Waals surface area contributed by atoms with E-state index in [0.29, 0.717) is 0 Å². The minimum atomic E-state index is -0.522. The molecular formula is C22H21NS. The van der Waals surface area contributed by atoms with Crippen molar-refractivity contribution in [2.45, 2.75) is 26.3 Å². The molecule has 4 aromatic rings. The second kappa shape index (κ2) is 5.64. The molecule has 0 aliphatic carbocycles. The van der Waals surface area contributed by atoms with Gasteiger partial charge in [0.2, 0.25) is 0 Å². The third-order valence-electron chi connectivity index (χ3n) is 4.00. The first-order valence-corrected chi connectivity index (χ1v) is 8.72. The van der Waals surface area contributed by atoms with E-state index in [1.54, 1.807) is 11.3 Å². The van der Waals surface area contributed by atoms with E-state index < -0.39 is 5.54 Å². The Hall–Kier alpha value is -2.32. The lowest BCUT2D eigenvalue weighted by molar-refractivity contribution is 0.561. The van der Waals surface area contributed by atoms with Crippen molar-refractivity contribution in [1.82, 2.24) is 0 Å². The molecule has 0 amide bonds. The molecule has 120 valence electrons. The summed E-state index contributed by atoms with van der Waals surface area (Å²) in [7, 11) is 0. The Morgan fingerprint density at radius 3 is 2.33 bits per heavy atom. The molecule has 0 spiro atoms. The zero-order valence-electron chi connectivity index (χ0n) is 18.9. The summed E-state index contributed by atoms with van der Waals surface area (Å²) in [6.45, 7) is 5.96. The summed E-state index contributed by atoms with van der Waals surface area (Å²) in [6.07, 6.45) is 0. The molecule has 0 saturated carbocycles. The lowest BCUT2D eigenvalue weighted by Gasteiger charge is -2.38. The van der Waals surface area contributed by atoms with Crippen LogP contribution in [-0.4, -0.2) is 5.54 Å². The molecule has 0 bridgehead atoms. The number of thiophene rings is 1. The molecule has 2 heteroatoms. The molecule has 0 atom stereocenters. The smallest absolute Gasteiger partial charge is 0.0645 e. The highest BCUT2D eigenvalue weighted by molar-refractivity contribution is 7.25. The lowest BCUT2D eigenvalue weighted by atomic mass is 10.0. The summed E-state index contributed by atoms with van der Waals surface area (Å²) in [4.78, 5) is 1.88. The molecule has 24 heavy (non-hydrogen) atoms. The van der Waals surface area contributed by atoms with Gasteiger partial charge in [-0.1, -0.05) is 42.4 Å². The molecule has 0 unspecified atom stereocenters. The van der Waals surface area contributed by atoms with Crippen LogP contribution in [0.2, 0.25) is 0 Å². The molecular weight excluding hydrogens is 310 g/mol. The molecule has 0 fully saturated rings. The van der Waals surface area contributed by atoms with E-state index in [1.165, 1.54) is 0 Å². The molecule has 0 aliphatic rings. The molecule has 0 aliphatic heterocycles. The third-order valence-corrected chi connectivity index (χ3v) is 5.14. The molecule has 1 nitrogen and oxygen atoms in total. The fraction of sp³-hybridized carbons (Fsp3) is 0.182. The standard InChI is InChI=1S/C22H21NS/c1-22(2,3)23(16-10-5-4-6-11-16)18-13-9-15-20-21(18)17-12-7-8-14-19(17)24-20/h4-15H,1-3H3/i4D,5D,6D,10D,11D. The molecule has 1 heterocycles. The maximum Gasteiger partial charge on any atom is 0.0645 e. The van der Waals surface area contributed by atoms with Gasteiger partial charge < -0.3 is 4.90 Å². The maximum atomic E-state index is 8.52. The normalized spacial score (nSPS) is 14.9. The summed E-state index contributed by atoms with van der Waals surface area (Å²) in [5.74, 6) is 0. The van der Waals surface area contributed by atoms with Crippen LogP contribution in [0.3, 0.4) is 0 Å². The first-order valence-electron chi connectivity index (χ1n) is 10.4. The van der Waals surface area contributed by atoms with Gasteiger partial charge in [0.05, 0.1) is 12.5 Å². The van der Waals surface area contributed by atoms with E-state index in [4.69, 9.17) is 6.85 Å². The van der Waals surface area contributed by atoms with Gasteiger partial charge in [-0.25, -0.2) is 0 Å². The monoisotopic (exact) mass is 336 g/mol. The van der Waals surface area contributed by atoms with E-state index in [2.05, 4.69) is 18.2 Å². The minimum absolute atomic E-state index is 0.192. The summed E-state index contributed by atoms with van der Waals surface area (Å²) < 4.78 is 43.5. The minimum Gasteiger partial charge on any atom is -0.336 e. The van der Waals surface area contributed by atoms with Crippen molar-refractivity contribution in [2.24, 2.45) is 0 Å². The molecule has 0 saturated heterocycles. The summed E-state index contributed by atoms with van der Waals surface area (Å²) in [5.41, 5.74) is 0.517. The number of fused-ring (bicyclic) bond motifs is 3. The number of benzene rings is 3. The van der Waals surface area contributed by atoms with E-state index in [9.17, 15) is 0 Å². The summed E-state index contributed by atoms with van der Waals surface area (Å²) in [5, 5.41) is 2.14. The van der Waals surface area contributed by atoms with Gasteiger partial charge in [-0.3, -0.25) is 0 Å². The molecule has 4 rings (SSSR count). The van der Waals surface area contributed by atoms with Crippen LogP contribution in [-0.2, 0) is 0 Å². The number of hydrogen-bond donors (Lipinski definition) is 0. The zero-order chi connectivity index (χ0) is 21.1. The fourth-order valence-electron chi connectivity index (χ4n) is 3.11. The fourth-order valence-corrected chi connectivity index (χ4v) is 4.24. The SMILES string of the molecule is [2H]c1c([2H])c([2H])c(N(c2cccc3sc4ccccc4c23)C(C)(C)C)c([2H])c1[2H]. The van der Waals surface area contributed by atoms with Crippen molar-refractivity contribution < 1.29 is 6.85 Å². The zero-order valence-corrected chi connectivity index (χ0v) is 14.7. The topological polar surface area (TPSA) is 3.24 Å². The molecule has 0 radical (unpaired) electrons. The lowest BCUT2D eigenvalue weighted by Crippen LogP contribution is -2.37. The first-order chi connectivity index (χ1) is 13.6. The average molecular weight is 337 g/mol. The van der Waals surface area contributed by atoms with Gasteiger partial charge in [0.15, 0.2) is 0 Å². The van der Waals surface area contributed by atoms with Gasteiger partial charge in [-0.2, -0.15) is 0 Å². The Labute approximate surface area is 154 Å². The highest BCUT2D eigenvalue weighted by Crippen LogP contribution is 2.43. The highest BCUT2D eigenvalue weighted by atomic mass is 32.1. The third kappa shape index (κ3) is 2.47. The van der Waals surface area contributed by atoms with E-state index in [-0.39, 0.29) is 35.9 Å². The van der Waals surface area contributed by atoms with Crippen LogP contribution < -0.4 is 4.90 Å². The van der Waals surface area contributed by atoms with Crippen molar-refractivity contribution >= 4 is 42.9 Å². The Morgan fingerprint density at radius 1 is 0.875 bits per heavy atom. The number of anilines is 2. The van der Waals surface area contributed by atoms with Crippen LogP contribution in [0.5, 0.6) is 0 Å². The van der Waals surface area contributed by atoms with Crippen molar-refractivity contribution in [3.8, 4) is 0 Å². The van der Waals surface area contributed by atoms with Crippen LogP contribution in [0.25, 0.3) is 20.2 Å². The first kappa shape index (κ1) is 10.5. The molecule has 3 aromatic carbocycles. The average Bonchev–Trinajstić information content (AvgIpc) is 3.06. The second-order valence-electron chi connectivity index (χ2n) is 6.73. The second-order valence-corrected chi connectivity index (χ2v) is 7.81. The van der Waals surface area contributed by atoms with E-state index in [0.717, 1.165) is 25.9 Å². The van der Waals surface area contributed by atoms with E-state index in [1.807, 2.05) is 49.9 Å². The van der Waals surface area contributed by atoms with Crippen LogP contribution in [0.4, 0.5) is 11.4 Å². The summed E-state index contributed by atoms with van der Waals surface area (Å²) >= 11 is 1.69. The molecule has 0 N–H and O–H groups in total.